The lowest BCUT2D eigenvalue weighted by molar-refractivity contribution is 0.0817. The van der Waals surface area contributed by atoms with Crippen LogP contribution in [0.2, 0.25) is 10.0 Å². The molecular formula is C15H10Cl2F2O2. The summed E-state index contributed by atoms with van der Waals surface area (Å²) in [5.41, 5.74) is 0.246. The zero-order valence-electron chi connectivity index (χ0n) is 10.9. The molecule has 0 aliphatic rings. The lowest BCUT2D eigenvalue weighted by atomic mass is 10.1. The lowest BCUT2D eigenvalue weighted by Crippen LogP contribution is -2.24. The summed E-state index contributed by atoms with van der Waals surface area (Å²) in [7, 11) is 0. The Hall–Kier alpha value is -1.65. The molecule has 0 aliphatic heterocycles. The van der Waals surface area contributed by atoms with Gasteiger partial charge in [-0.25, -0.2) is 8.78 Å². The van der Waals surface area contributed by atoms with Crippen LogP contribution < -0.4 is 4.74 Å². The first-order valence-corrected chi connectivity index (χ1v) is 6.75. The van der Waals surface area contributed by atoms with E-state index in [-0.39, 0.29) is 22.1 Å². The van der Waals surface area contributed by atoms with Crippen molar-refractivity contribution >= 4 is 29.0 Å². The normalized spacial score (nSPS) is 12.0. The molecule has 0 bridgehead atoms. The van der Waals surface area contributed by atoms with Gasteiger partial charge in [-0.1, -0.05) is 23.2 Å². The lowest BCUT2D eigenvalue weighted by Gasteiger charge is -2.14. The van der Waals surface area contributed by atoms with Crippen LogP contribution in [0.25, 0.3) is 0 Å². The van der Waals surface area contributed by atoms with E-state index in [0.717, 1.165) is 12.1 Å². The van der Waals surface area contributed by atoms with Crippen LogP contribution >= 0.6 is 23.2 Å². The number of hydrogen-bond acceptors (Lipinski definition) is 2. The minimum Gasteiger partial charge on any atom is -0.482 e. The molecule has 21 heavy (non-hydrogen) atoms. The summed E-state index contributed by atoms with van der Waals surface area (Å²) in [6.45, 7) is 1.49. The number of rotatable bonds is 4. The predicted molar refractivity (Wildman–Crippen MR) is 77.2 cm³/mol. The number of ether oxygens (including phenoxy) is 1. The molecule has 2 rings (SSSR count). The third-order valence-corrected chi connectivity index (χ3v) is 3.32. The molecule has 2 aromatic rings. The van der Waals surface area contributed by atoms with Crippen LogP contribution in [-0.4, -0.2) is 11.9 Å². The van der Waals surface area contributed by atoms with Crippen molar-refractivity contribution in [2.45, 2.75) is 13.0 Å². The van der Waals surface area contributed by atoms with Gasteiger partial charge in [0.2, 0.25) is 5.78 Å². The monoisotopic (exact) mass is 330 g/mol. The zero-order valence-corrected chi connectivity index (χ0v) is 12.4. The second kappa shape index (κ2) is 6.41. The minimum atomic E-state index is -1.04. The molecule has 0 saturated heterocycles. The number of Topliss-reactive ketones (excluding diaryl/α,β-unsaturated/α-hetero) is 1. The molecule has 1 atom stereocenters. The average Bonchev–Trinajstić information content (AvgIpc) is 2.42. The largest absolute Gasteiger partial charge is 0.482 e. The number of benzene rings is 2. The van der Waals surface area contributed by atoms with Crippen molar-refractivity contribution in [2.75, 3.05) is 0 Å². The molecule has 2 aromatic carbocycles. The van der Waals surface area contributed by atoms with Crippen molar-refractivity contribution < 1.29 is 18.3 Å². The molecule has 1 unspecified atom stereocenters. The maximum atomic E-state index is 13.1. The summed E-state index contributed by atoms with van der Waals surface area (Å²) < 4.78 is 31.2. The molecule has 6 heteroatoms. The Kier molecular flexibility index (Phi) is 4.80. The second-order valence-corrected chi connectivity index (χ2v) is 5.17. The molecule has 0 saturated carbocycles. The molecule has 0 aromatic heterocycles. The Morgan fingerprint density at radius 2 is 1.81 bits per heavy atom. The van der Waals surface area contributed by atoms with E-state index in [1.807, 2.05) is 0 Å². The van der Waals surface area contributed by atoms with Crippen molar-refractivity contribution in [3.63, 3.8) is 0 Å². The van der Waals surface area contributed by atoms with Crippen LogP contribution in [0.4, 0.5) is 8.78 Å². The third kappa shape index (κ3) is 3.71. The van der Waals surface area contributed by atoms with E-state index >= 15 is 0 Å². The molecule has 2 nitrogen and oxygen atoms in total. The molecule has 0 amide bonds. The van der Waals surface area contributed by atoms with Crippen molar-refractivity contribution in [2.24, 2.45) is 0 Å². The molecule has 0 fully saturated rings. The van der Waals surface area contributed by atoms with Crippen molar-refractivity contribution in [3.8, 4) is 5.75 Å². The standard InChI is InChI=1S/C15H10Cl2F2O2/c1-8(21-10-3-5-13(18)14(19)7-10)15(20)11-4-2-9(16)6-12(11)17/h2-8H,1H3. The van der Waals surface area contributed by atoms with Crippen LogP contribution in [0.15, 0.2) is 36.4 Å². The smallest absolute Gasteiger partial charge is 0.204 e. The number of carbonyl (C=O) groups excluding carboxylic acids is 1. The first kappa shape index (κ1) is 15.7. The molecular weight excluding hydrogens is 321 g/mol. The number of carbonyl (C=O) groups is 1. The van der Waals surface area contributed by atoms with Gasteiger partial charge in [-0.05, 0) is 37.3 Å². The SMILES string of the molecule is CC(Oc1ccc(F)c(F)c1)C(=O)c1ccc(Cl)cc1Cl. The minimum absolute atomic E-state index is 0.0554. The van der Waals surface area contributed by atoms with Gasteiger partial charge in [0.1, 0.15) is 5.75 Å². The quantitative estimate of drug-likeness (QED) is 0.743. The summed E-state index contributed by atoms with van der Waals surface area (Å²) in [6, 6.07) is 7.51. The van der Waals surface area contributed by atoms with Crippen LogP contribution in [0.3, 0.4) is 0 Å². The van der Waals surface area contributed by atoms with Crippen molar-refractivity contribution in [1.82, 2.24) is 0 Å². The van der Waals surface area contributed by atoms with E-state index in [2.05, 4.69) is 0 Å². The summed E-state index contributed by atoms with van der Waals surface area (Å²) in [5.74, 6) is -2.36. The number of hydrogen-bond donors (Lipinski definition) is 0. The Balaban J connectivity index is 2.17. The first-order chi connectivity index (χ1) is 9.88. The van der Waals surface area contributed by atoms with E-state index in [1.54, 1.807) is 0 Å². The fourth-order valence-electron chi connectivity index (χ4n) is 1.72. The van der Waals surface area contributed by atoms with E-state index in [0.29, 0.717) is 5.02 Å². The van der Waals surface area contributed by atoms with Gasteiger partial charge in [0.25, 0.3) is 0 Å². The fourth-order valence-corrected chi connectivity index (χ4v) is 2.22. The van der Waals surface area contributed by atoms with Gasteiger partial charge in [0, 0.05) is 16.7 Å². The highest BCUT2D eigenvalue weighted by Crippen LogP contribution is 2.24. The Morgan fingerprint density at radius 1 is 1.10 bits per heavy atom. The van der Waals surface area contributed by atoms with Crippen LogP contribution in [0, 0.1) is 11.6 Å². The van der Waals surface area contributed by atoms with Crippen molar-refractivity contribution in [3.05, 3.63) is 63.6 Å². The van der Waals surface area contributed by atoms with Gasteiger partial charge in [-0.2, -0.15) is 0 Å². The van der Waals surface area contributed by atoms with Gasteiger partial charge in [0.15, 0.2) is 17.7 Å². The molecule has 0 spiro atoms. The van der Waals surface area contributed by atoms with E-state index in [9.17, 15) is 13.6 Å². The topological polar surface area (TPSA) is 26.3 Å². The highest BCUT2D eigenvalue weighted by atomic mass is 35.5. The fraction of sp³-hybridized carbons (Fsp3) is 0.133. The molecule has 0 N–H and O–H groups in total. The van der Waals surface area contributed by atoms with E-state index < -0.39 is 17.7 Å². The summed E-state index contributed by atoms with van der Waals surface area (Å²) >= 11 is 11.7. The summed E-state index contributed by atoms with van der Waals surface area (Å²) in [5, 5.41) is 0.610. The first-order valence-electron chi connectivity index (χ1n) is 5.99. The Bertz CT molecular complexity index is 689. The molecule has 110 valence electrons. The van der Waals surface area contributed by atoms with Crippen LogP contribution in [0.5, 0.6) is 5.75 Å². The molecule has 0 radical (unpaired) electrons. The van der Waals surface area contributed by atoms with Crippen LogP contribution in [0.1, 0.15) is 17.3 Å². The molecule has 0 aliphatic carbocycles. The molecule has 0 heterocycles. The number of ketones is 1. The predicted octanol–water partition coefficient (Wildman–Crippen LogP) is 4.92. The highest BCUT2D eigenvalue weighted by Gasteiger charge is 2.20. The Morgan fingerprint density at radius 3 is 2.43 bits per heavy atom. The summed E-state index contributed by atoms with van der Waals surface area (Å²) in [6.07, 6.45) is -0.909. The van der Waals surface area contributed by atoms with E-state index in [1.165, 1.54) is 31.2 Å². The van der Waals surface area contributed by atoms with Gasteiger partial charge in [-0.3, -0.25) is 4.79 Å². The van der Waals surface area contributed by atoms with Gasteiger partial charge in [-0.15, -0.1) is 0 Å². The third-order valence-electron chi connectivity index (χ3n) is 2.77. The second-order valence-electron chi connectivity index (χ2n) is 4.32. The maximum absolute atomic E-state index is 13.1. The average molecular weight is 331 g/mol. The summed E-state index contributed by atoms with van der Waals surface area (Å²) in [4.78, 5) is 12.2. The highest BCUT2D eigenvalue weighted by molar-refractivity contribution is 6.37. The van der Waals surface area contributed by atoms with Gasteiger partial charge >= 0.3 is 0 Å². The van der Waals surface area contributed by atoms with E-state index in [4.69, 9.17) is 27.9 Å². The maximum Gasteiger partial charge on any atom is 0.204 e. The Labute approximate surface area is 130 Å². The van der Waals surface area contributed by atoms with Gasteiger partial charge in [0.05, 0.1) is 5.02 Å². The zero-order chi connectivity index (χ0) is 15.6. The van der Waals surface area contributed by atoms with Gasteiger partial charge < -0.3 is 4.74 Å². The van der Waals surface area contributed by atoms with Crippen molar-refractivity contribution in [1.29, 1.82) is 0 Å². The number of halogens is 4. The van der Waals surface area contributed by atoms with Crippen LogP contribution in [-0.2, 0) is 0 Å².